The molecule has 1 aliphatic carbocycles. The molecule has 1 saturated carbocycles. The number of nitrogens with one attached hydrogen (secondary N) is 2. The highest BCUT2D eigenvalue weighted by atomic mass is 16.5. The van der Waals surface area contributed by atoms with Crippen molar-refractivity contribution in [2.24, 2.45) is 5.92 Å². The van der Waals surface area contributed by atoms with Crippen molar-refractivity contribution in [3.63, 3.8) is 0 Å². The Hall–Kier alpha value is -2.56. The summed E-state index contributed by atoms with van der Waals surface area (Å²) in [6, 6.07) is 11.6. The predicted octanol–water partition coefficient (Wildman–Crippen LogP) is 3.05. The van der Waals surface area contributed by atoms with Gasteiger partial charge in [0.05, 0.1) is 19.0 Å². The Morgan fingerprint density at radius 1 is 1.23 bits per heavy atom. The van der Waals surface area contributed by atoms with Crippen molar-refractivity contribution in [1.29, 1.82) is 0 Å². The van der Waals surface area contributed by atoms with E-state index in [2.05, 4.69) is 15.6 Å². The number of carbonyl (C=O) groups excluding carboxylic acids is 1. The van der Waals surface area contributed by atoms with Gasteiger partial charge in [-0.3, -0.25) is 4.79 Å². The van der Waals surface area contributed by atoms with Crippen LogP contribution in [0.15, 0.2) is 42.6 Å². The summed E-state index contributed by atoms with van der Waals surface area (Å²) in [6.45, 7) is 0.708. The molecule has 0 radical (unpaired) electrons. The van der Waals surface area contributed by atoms with Crippen LogP contribution in [0, 0.1) is 5.92 Å². The van der Waals surface area contributed by atoms with Gasteiger partial charge in [0.15, 0.2) is 0 Å². The van der Waals surface area contributed by atoms with Crippen LogP contribution >= 0.6 is 0 Å². The average molecular weight is 297 g/mol. The van der Waals surface area contributed by atoms with E-state index in [1.165, 1.54) is 0 Å². The first-order valence-corrected chi connectivity index (χ1v) is 7.38. The van der Waals surface area contributed by atoms with Gasteiger partial charge >= 0.3 is 0 Å². The molecule has 0 spiro atoms. The number of pyridine rings is 1. The minimum Gasteiger partial charge on any atom is -0.497 e. The fraction of sp³-hybridized carbons (Fsp3) is 0.294. The Balaban J connectivity index is 1.52. The van der Waals surface area contributed by atoms with E-state index in [4.69, 9.17) is 4.74 Å². The molecule has 5 nitrogen and oxygen atoms in total. The molecule has 0 saturated heterocycles. The highest BCUT2D eigenvalue weighted by Gasteiger charge is 2.29. The second kappa shape index (κ2) is 6.47. The summed E-state index contributed by atoms with van der Waals surface area (Å²) in [5, 5.41) is 6.12. The van der Waals surface area contributed by atoms with Gasteiger partial charge in [0.2, 0.25) is 5.91 Å². The normalized spacial score (nSPS) is 13.5. The number of anilines is 2. The maximum absolute atomic E-state index is 11.6. The van der Waals surface area contributed by atoms with Crippen LogP contribution in [0.3, 0.4) is 0 Å². The molecule has 1 aromatic carbocycles. The Labute approximate surface area is 129 Å². The number of methoxy groups -OCH3 is 1. The molecule has 1 fully saturated rings. The highest BCUT2D eigenvalue weighted by Crippen LogP contribution is 2.29. The van der Waals surface area contributed by atoms with Crippen molar-refractivity contribution in [1.82, 2.24) is 4.98 Å². The van der Waals surface area contributed by atoms with Crippen molar-refractivity contribution in [3.05, 3.63) is 48.2 Å². The number of hydrogen-bond donors (Lipinski definition) is 2. The summed E-state index contributed by atoms with van der Waals surface area (Å²) in [6.07, 6.45) is 3.71. The Bertz CT molecular complexity index is 634. The third-order valence-corrected chi connectivity index (χ3v) is 3.62. The van der Waals surface area contributed by atoms with Gasteiger partial charge in [0, 0.05) is 12.5 Å². The molecule has 2 N–H and O–H groups in total. The van der Waals surface area contributed by atoms with E-state index in [1.54, 1.807) is 13.3 Å². The Morgan fingerprint density at radius 3 is 2.59 bits per heavy atom. The van der Waals surface area contributed by atoms with Crippen LogP contribution in [0.1, 0.15) is 18.4 Å². The first kappa shape index (κ1) is 14.4. The largest absolute Gasteiger partial charge is 0.497 e. The van der Waals surface area contributed by atoms with Crippen LogP contribution in [0.5, 0.6) is 5.75 Å². The lowest BCUT2D eigenvalue weighted by molar-refractivity contribution is -0.117. The molecule has 114 valence electrons. The van der Waals surface area contributed by atoms with E-state index in [-0.39, 0.29) is 11.8 Å². The number of aromatic nitrogens is 1. The minimum absolute atomic E-state index is 0.0754. The summed E-state index contributed by atoms with van der Waals surface area (Å²) in [5.74, 6) is 1.72. The van der Waals surface area contributed by atoms with Crippen molar-refractivity contribution in [3.8, 4) is 5.75 Å². The van der Waals surface area contributed by atoms with E-state index >= 15 is 0 Å². The number of carbonyl (C=O) groups is 1. The molecule has 5 heteroatoms. The van der Waals surface area contributed by atoms with Crippen LogP contribution < -0.4 is 15.4 Å². The van der Waals surface area contributed by atoms with Crippen LogP contribution in [-0.2, 0) is 11.3 Å². The second-order valence-electron chi connectivity index (χ2n) is 5.40. The van der Waals surface area contributed by atoms with E-state index < -0.39 is 0 Å². The zero-order valence-corrected chi connectivity index (χ0v) is 12.5. The molecule has 0 bridgehead atoms. The molecule has 0 aliphatic heterocycles. The third-order valence-electron chi connectivity index (χ3n) is 3.62. The summed E-state index contributed by atoms with van der Waals surface area (Å²) in [7, 11) is 1.66. The Kier molecular flexibility index (Phi) is 4.23. The number of benzene rings is 1. The quantitative estimate of drug-likeness (QED) is 0.860. The van der Waals surface area contributed by atoms with Crippen LogP contribution in [0.2, 0.25) is 0 Å². The molecule has 1 heterocycles. The lowest BCUT2D eigenvalue weighted by Gasteiger charge is -2.08. The maximum Gasteiger partial charge on any atom is 0.228 e. The monoisotopic (exact) mass is 297 g/mol. The molecular weight excluding hydrogens is 278 g/mol. The van der Waals surface area contributed by atoms with Gasteiger partial charge in [-0.1, -0.05) is 12.1 Å². The van der Waals surface area contributed by atoms with Crippen molar-refractivity contribution >= 4 is 17.4 Å². The molecular formula is C17H19N3O2. The third kappa shape index (κ3) is 3.75. The van der Waals surface area contributed by atoms with Gasteiger partial charge in [-0.05, 0) is 42.7 Å². The molecule has 1 aliphatic rings. The number of ether oxygens (including phenoxy) is 1. The summed E-state index contributed by atoms with van der Waals surface area (Å²) >= 11 is 0. The number of nitrogens with zero attached hydrogens (tertiary/aromatic N) is 1. The van der Waals surface area contributed by atoms with Gasteiger partial charge < -0.3 is 15.4 Å². The molecule has 1 aromatic heterocycles. The van der Waals surface area contributed by atoms with E-state index in [0.717, 1.165) is 29.8 Å². The van der Waals surface area contributed by atoms with E-state index in [9.17, 15) is 4.79 Å². The fourth-order valence-electron chi connectivity index (χ4n) is 2.09. The maximum atomic E-state index is 11.6. The standard InChI is InChI=1S/C17H19N3O2/c1-22-15-7-2-12(3-8-15)10-18-14-6-9-16(19-11-14)20-17(21)13-4-5-13/h2-3,6-9,11,13,18H,4-5,10H2,1H3,(H,19,20,21). The molecule has 2 aromatic rings. The molecule has 22 heavy (non-hydrogen) atoms. The van der Waals surface area contributed by atoms with Gasteiger partial charge in [-0.15, -0.1) is 0 Å². The van der Waals surface area contributed by atoms with Crippen molar-refractivity contribution in [2.75, 3.05) is 17.7 Å². The SMILES string of the molecule is COc1ccc(CNc2ccc(NC(=O)C3CC3)nc2)cc1. The first-order chi connectivity index (χ1) is 10.7. The smallest absolute Gasteiger partial charge is 0.228 e. The molecule has 3 rings (SSSR count). The minimum atomic E-state index is 0.0754. The molecule has 0 unspecified atom stereocenters. The number of rotatable bonds is 6. The van der Waals surface area contributed by atoms with Crippen molar-refractivity contribution < 1.29 is 9.53 Å². The summed E-state index contributed by atoms with van der Waals surface area (Å²) in [4.78, 5) is 15.9. The number of amides is 1. The molecule has 1 amide bonds. The van der Waals surface area contributed by atoms with Gasteiger partial charge in [-0.2, -0.15) is 0 Å². The lowest BCUT2D eigenvalue weighted by atomic mass is 10.2. The van der Waals surface area contributed by atoms with E-state index in [1.807, 2.05) is 36.4 Å². The van der Waals surface area contributed by atoms with Gasteiger partial charge in [-0.25, -0.2) is 4.98 Å². The average Bonchev–Trinajstić information content (AvgIpc) is 3.40. The summed E-state index contributed by atoms with van der Waals surface area (Å²) in [5.41, 5.74) is 2.08. The second-order valence-corrected chi connectivity index (χ2v) is 5.40. The zero-order valence-electron chi connectivity index (χ0n) is 12.5. The molecule has 0 atom stereocenters. The zero-order chi connectivity index (χ0) is 15.4. The topological polar surface area (TPSA) is 63.2 Å². The van der Waals surface area contributed by atoms with Crippen LogP contribution in [0.25, 0.3) is 0 Å². The number of hydrogen-bond acceptors (Lipinski definition) is 4. The fourth-order valence-corrected chi connectivity index (χ4v) is 2.09. The predicted molar refractivity (Wildman–Crippen MR) is 85.9 cm³/mol. The Morgan fingerprint density at radius 2 is 2.00 bits per heavy atom. The first-order valence-electron chi connectivity index (χ1n) is 7.38. The van der Waals surface area contributed by atoms with Crippen molar-refractivity contribution in [2.45, 2.75) is 19.4 Å². The lowest BCUT2D eigenvalue weighted by Crippen LogP contribution is -2.14. The van der Waals surface area contributed by atoms with Gasteiger partial charge in [0.1, 0.15) is 11.6 Å². The summed E-state index contributed by atoms with van der Waals surface area (Å²) < 4.78 is 5.13. The van der Waals surface area contributed by atoms with Crippen LogP contribution in [0.4, 0.5) is 11.5 Å². The van der Waals surface area contributed by atoms with Gasteiger partial charge in [0.25, 0.3) is 0 Å². The van der Waals surface area contributed by atoms with Crippen LogP contribution in [-0.4, -0.2) is 18.0 Å². The highest BCUT2D eigenvalue weighted by molar-refractivity contribution is 5.93. The van der Waals surface area contributed by atoms with E-state index in [0.29, 0.717) is 12.4 Å².